The molecule has 3 aromatic carbocycles. The predicted molar refractivity (Wildman–Crippen MR) is 143 cm³/mol. The van der Waals surface area contributed by atoms with E-state index in [2.05, 4.69) is 23.5 Å². The maximum Gasteiger partial charge on any atom is 0.243 e. The summed E-state index contributed by atoms with van der Waals surface area (Å²) in [6.07, 6.45) is 0.704. The maximum atomic E-state index is 13.9. The Bertz CT molecular complexity index is 1120. The van der Waals surface area contributed by atoms with Gasteiger partial charge in [0.15, 0.2) is 0 Å². The fraction of sp³-hybridized carbons (Fsp3) is 0.355. The maximum absolute atomic E-state index is 13.9. The van der Waals surface area contributed by atoms with Crippen LogP contribution in [0.25, 0.3) is 0 Å². The fourth-order valence-electron chi connectivity index (χ4n) is 4.34. The van der Waals surface area contributed by atoms with Gasteiger partial charge in [-0.2, -0.15) is 0 Å². The molecule has 0 unspecified atom stereocenters. The molecule has 3 aromatic rings. The Labute approximate surface area is 210 Å². The van der Waals surface area contributed by atoms with Crippen LogP contribution in [0.4, 0.5) is 0 Å². The number of hydrogen-bond acceptors (Lipinski definition) is 2. The number of amides is 2. The zero-order chi connectivity index (χ0) is 25.6. The number of carbonyl (C=O) groups excluding carboxylic acids is 2. The molecule has 0 heterocycles. The number of aryl methyl sites for hydroxylation is 3. The largest absolute Gasteiger partial charge is 0.350 e. The van der Waals surface area contributed by atoms with E-state index in [4.69, 9.17) is 0 Å². The van der Waals surface area contributed by atoms with Crippen molar-refractivity contribution in [3.63, 3.8) is 0 Å². The molecule has 184 valence electrons. The molecule has 0 saturated heterocycles. The Morgan fingerprint density at radius 2 is 1.37 bits per heavy atom. The van der Waals surface area contributed by atoms with E-state index in [0.29, 0.717) is 13.0 Å². The molecule has 2 amide bonds. The summed E-state index contributed by atoms with van der Waals surface area (Å²) in [5, 5.41) is 3.12. The monoisotopic (exact) mass is 470 g/mol. The first-order valence-corrected chi connectivity index (χ1v) is 12.3. The Balaban J connectivity index is 2.00. The number of nitrogens with zero attached hydrogens (tertiary/aromatic N) is 1. The van der Waals surface area contributed by atoms with Crippen LogP contribution in [-0.4, -0.2) is 28.3 Å². The van der Waals surface area contributed by atoms with Gasteiger partial charge in [-0.05, 0) is 58.2 Å². The summed E-state index contributed by atoms with van der Waals surface area (Å²) >= 11 is 0. The van der Waals surface area contributed by atoms with Gasteiger partial charge in [0.1, 0.15) is 6.04 Å². The van der Waals surface area contributed by atoms with E-state index >= 15 is 0 Å². The van der Waals surface area contributed by atoms with Crippen LogP contribution < -0.4 is 5.32 Å². The summed E-state index contributed by atoms with van der Waals surface area (Å²) in [6, 6.07) is 23.7. The minimum absolute atomic E-state index is 0.0550. The van der Waals surface area contributed by atoms with Gasteiger partial charge < -0.3 is 10.2 Å². The Morgan fingerprint density at radius 1 is 0.771 bits per heavy atom. The predicted octanol–water partition coefficient (Wildman–Crippen LogP) is 5.71. The van der Waals surface area contributed by atoms with Crippen LogP contribution in [0.2, 0.25) is 0 Å². The van der Waals surface area contributed by atoms with Gasteiger partial charge in [-0.25, -0.2) is 0 Å². The molecule has 0 aliphatic rings. The number of nitrogens with one attached hydrogen (secondary N) is 1. The average molecular weight is 471 g/mol. The van der Waals surface area contributed by atoms with E-state index in [0.717, 1.165) is 33.4 Å². The molecule has 0 radical (unpaired) electrons. The van der Waals surface area contributed by atoms with Gasteiger partial charge in [-0.15, -0.1) is 0 Å². The van der Waals surface area contributed by atoms with E-state index in [9.17, 15) is 9.59 Å². The van der Waals surface area contributed by atoms with Crippen molar-refractivity contribution in [1.82, 2.24) is 10.2 Å². The Hall–Kier alpha value is -3.40. The number of benzene rings is 3. The lowest BCUT2D eigenvalue weighted by atomic mass is 9.99. The molecule has 4 heteroatoms. The van der Waals surface area contributed by atoms with E-state index in [1.165, 1.54) is 0 Å². The zero-order valence-corrected chi connectivity index (χ0v) is 21.9. The molecular weight excluding hydrogens is 432 g/mol. The second-order valence-electron chi connectivity index (χ2n) is 10.6. The number of carbonyl (C=O) groups is 2. The highest BCUT2D eigenvalue weighted by Crippen LogP contribution is 2.19. The van der Waals surface area contributed by atoms with Crippen LogP contribution in [-0.2, 0) is 29.0 Å². The van der Waals surface area contributed by atoms with Gasteiger partial charge in [-0.3, -0.25) is 9.59 Å². The second-order valence-corrected chi connectivity index (χ2v) is 10.6. The minimum atomic E-state index is -0.628. The van der Waals surface area contributed by atoms with Crippen molar-refractivity contribution < 1.29 is 9.59 Å². The molecule has 1 atom stereocenters. The molecule has 0 aliphatic heterocycles. The lowest BCUT2D eigenvalue weighted by Gasteiger charge is -2.34. The van der Waals surface area contributed by atoms with E-state index in [1.54, 1.807) is 4.90 Å². The molecule has 4 nitrogen and oxygen atoms in total. The van der Waals surface area contributed by atoms with Gasteiger partial charge in [0, 0.05) is 18.5 Å². The summed E-state index contributed by atoms with van der Waals surface area (Å²) in [6.45, 7) is 12.4. The van der Waals surface area contributed by atoms with Gasteiger partial charge in [-0.1, -0.05) is 89.5 Å². The van der Waals surface area contributed by atoms with Gasteiger partial charge in [0.05, 0.1) is 6.42 Å². The summed E-state index contributed by atoms with van der Waals surface area (Å²) in [7, 11) is 0. The number of rotatable bonds is 8. The van der Waals surface area contributed by atoms with Gasteiger partial charge >= 0.3 is 0 Å². The van der Waals surface area contributed by atoms with Crippen LogP contribution in [0, 0.1) is 20.8 Å². The minimum Gasteiger partial charge on any atom is -0.350 e. The lowest BCUT2D eigenvalue weighted by Crippen LogP contribution is -2.54. The smallest absolute Gasteiger partial charge is 0.243 e. The van der Waals surface area contributed by atoms with Gasteiger partial charge in [0.2, 0.25) is 11.8 Å². The molecule has 3 rings (SSSR count). The SMILES string of the molecule is Cc1ccc(CN(C(=O)Cc2cc(C)cc(C)c2)[C@H](Cc2ccccc2)C(=O)NC(C)(C)C)cc1. The van der Waals surface area contributed by atoms with Crippen LogP contribution in [0.1, 0.15) is 54.2 Å². The molecule has 0 fully saturated rings. The zero-order valence-electron chi connectivity index (χ0n) is 21.9. The highest BCUT2D eigenvalue weighted by molar-refractivity contribution is 5.89. The van der Waals surface area contributed by atoms with Gasteiger partial charge in [0.25, 0.3) is 0 Å². The molecular formula is C31H38N2O2. The second kappa shape index (κ2) is 11.4. The van der Waals surface area contributed by atoms with E-state index in [-0.39, 0.29) is 18.2 Å². The third-order valence-corrected chi connectivity index (χ3v) is 5.88. The topological polar surface area (TPSA) is 49.4 Å². The van der Waals surface area contributed by atoms with Crippen molar-refractivity contribution in [2.75, 3.05) is 0 Å². The molecule has 0 spiro atoms. The lowest BCUT2D eigenvalue weighted by molar-refractivity contribution is -0.141. The number of hydrogen-bond donors (Lipinski definition) is 1. The molecule has 35 heavy (non-hydrogen) atoms. The summed E-state index contributed by atoms with van der Waals surface area (Å²) in [5.41, 5.74) is 6.01. The first kappa shape index (κ1) is 26.2. The van der Waals surface area contributed by atoms with Crippen molar-refractivity contribution in [1.29, 1.82) is 0 Å². The van der Waals surface area contributed by atoms with Crippen molar-refractivity contribution in [3.05, 3.63) is 106 Å². The fourth-order valence-corrected chi connectivity index (χ4v) is 4.34. The average Bonchev–Trinajstić information content (AvgIpc) is 2.76. The molecule has 1 N–H and O–H groups in total. The summed E-state index contributed by atoms with van der Waals surface area (Å²) < 4.78 is 0. The van der Waals surface area contributed by atoms with Crippen LogP contribution in [0.3, 0.4) is 0 Å². The third kappa shape index (κ3) is 8.10. The quantitative estimate of drug-likeness (QED) is 0.458. The highest BCUT2D eigenvalue weighted by Gasteiger charge is 2.32. The summed E-state index contributed by atoms with van der Waals surface area (Å²) in [5.74, 6) is -0.192. The first-order valence-electron chi connectivity index (χ1n) is 12.3. The Morgan fingerprint density at radius 3 is 1.94 bits per heavy atom. The summed E-state index contributed by atoms with van der Waals surface area (Å²) in [4.78, 5) is 29.2. The highest BCUT2D eigenvalue weighted by atomic mass is 16.2. The third-order valence-electron chi connectivity index (χ3n) is 5.88. The van der Waals surface area contributed by atoms with Crippen molar-refractivity contribution in [2.24, 2.45) is 0 Å². The van der Waals surface area contributed by atoms with Crippen molar-refractivity contribution in [2.45, 2.75) is 72.5 Å². The molecule has 0 saturated carbocycles. The van der Waals surface area contributed by atoms with Crippen LogP contribution in [0.5, 0.6) is 0 Å². The van der Waals surface area contributed by atoms with Crippen LogP contribution in [0.15, 0.2) is 72.8 Å². The first-order chi connectivity index (χ1) is 16.5. The standard InChI is InChI=1S/C31H38N2O2/c1-22-12-14-26(15-13-22)21-33(29(34)20-27-17-23(2)16-24(3)18-27)28(30(35)32-31(4,5)6)19-25-10-8-7-9-11-25/h7-18,28H,19-21H2,1-6H3,(H,32,35)/t28-/m1/s1. The molecule has 0 aromatic heterocycles. The van der Waals surface area contributed by atoms with E-state index < -0.39 is 11.6 Å². The molecule has 0 aliphatic carbocycles. The normalized spacial score (nSPS) is 12.2. The van der Waals surface area contributed by atoms with Crippen LogP contribution >= 0.6 is 0 Å². The molecule has 0 bridgehead atoms. The van der Waals surface area contributed by atoms with Crippen molar-refractivity contribution >= 4 is 11.8 Å². The van der Waals surface area contributed by atoms with Crippen molar-refractivity contribution in [3.8, 4) is 0 Å². The van der Waals surface area contributed by atoms with E-state index in [1.807, 2.05) is 96.1 Å². The Kier molecular flexibility index (Phi) is 8.50.